The van der Waals surface area contributed by atoms with Gasteiger partial charge in [0.15, 0.2) is 0 Å². The van der Waals surface area contributed by atoms with Crippen molar-refractivity contribution in [3.63, 3.8) is 0 Å². The van der Waals surface area contributed by atoms with Gasteiger partial charge < -0.3 is 10.1 Å². The maximum Gasteiger partial charge on any atom is 0.119 e. The zero-order valence-electron chi connectivity index (χ0n) is 8.13. The van der Waals surface area contributed by atoms with Crippen molar-refractivity contribution in [3.05, 3.63) is 42.1 Å². The predicted molar refractivity (Wildman–Crippen MR) is 54.9 cm³/mol. The van der Waals surface area contributed by atoms with E-state index in [9.17, 15) is 0 Å². The lowest BCUT2D eigenvalue weighted by Crippen LogP contribution is -2.06. The second-order valence-electron chi connectivity index (χ2n) is 2.88. The van der Waals surface area contributed by atoms with E-state index in [0.717, 1.165) is 17.9 Å². The minimum absolute atomic E-state index is 0.841. The first-order valence-electron chi connectivity index (χ1n) is 4.24. The van der Waals surface area contributed by atoms with Crippen LogP contribution in [0.1, 0.15) is 5.56 Å². The van der Waals surface area contributed by atoms with Gasteiger partial charge in [0.05, 0.1) is 7.11 Å². The SMILES string of the molecule is C=C(Cc1cccc(OC)c1)NC. The third-order valence-electron chi connectivity index (χ3n) is 1.91. The van der Waals surface area contributed by atoms with Gasteiger partial charge in [0.2, 0.25) is 0 Å². The molecule has 2 heteroatoms. The molecule has 0 saturated carbocycles. The van der Waals surface area contributed by atoms with Gasteiger partial charge in [-0.2, -0.15) is 0 Å². The highest BCUT2D eigenvalue weighted by Gasteiger charge is 1.96. The minimum atomic E-state index is 0.841. The summed E-state index contributed by atoms with van der Waals surface area (Å²) in [5.74, 6) is 0.890. The molecule has 0 aliphatic carbocycles. The van der Waals surface area contributed by atoms with Gasteiger partial charge in [-0.25, -0.2) is 0 Å². The minimum Gasteiger partial charge on any atom is -0.497 e. The van der Waals surface area contributed by atoms with Crippen LogP contribution in [0.2, 0.25) is 0 Å². The lowest BCUT2D eigenvalue weighted by atomic mass is 10.1. The Kier molecular flexibility index (Phi) is 3.38. The summed E-state index contributed by atoms with van der Waals surface area (Å²) < 4.78 is 5.12. The third-order valence-corrected chi connectivity index (χ3v) is 1.91. The molecular weight excluding hydrogens is 162 g/mol. The zero-order chi connectivity index (χ0) is 9.68. The predicted octanol–water partition coefficient (Wildman–Crippen LogP) is 1.97. The van der Waals surface area contributed by atoms with E-state index in [1.165, 1.54) is 5.56 Å². The van der Waals surface area contributed by atoms with Crippen LogP contribution < -0.4 is 10.1 Å². The lowest BCUT2D eigenvalue weighted by Gasteiger charge is -2.06. The molecule has 0 unspecified atom stereocenters. The number of methoxy groups -OCH3 is 1. The molecule has 70 valence electrons. The van der Waals surface area contributed by atoms with E-state index in [1.54, 1.807) is 7.11 Å². The summed E-state index contributed by atoms with van der Waals surface area (Å²) in [5.41, 5.74) is 2.21. The molecule has 1 N–H and O–H groups in total. The Labute approximate surface area is 79.2 Å². The summed E-state index contributed by atoms with van der Waals surface area (Å²) in [7, 11) is 3.55. The van der Waals surface area contributed by atoms with Crippen molar-refractivity contribution in [2.75, 3.05) is 14.2 Å². The molecule has 1 aromatic rings. The molecule has 0 amide bonds. The van der Waals surface area contributed by atoms with Gasteiger partial charge in [0.1, 0.15) is 5.75 Å². The van der Waals surface area contributed by atoms with Crippen molar-refractivity contribution >= 4 is 0 Å². The summed E-state index contributed by atoms with van der Waals surface area (Å²) in [6, 6.07) is 8.00. The van der Waals surface area contributed by atoms with Gasteiger partial charge in [0.25, 0.3) is 0 Å². The van der Waals surface area contributed by atoms with Crippen LogP contribution in [0.4, 0.5) is 0 Å². The molecule has 1 aromatic carbocycles. The topological polar surface area (TPSA) is 21.3 Å². The number of ether oxygens (including phenoxy) is 1. The zero-order valence-corrected chi connectivity index (χ0v) is 8.13. The Bertz CT molecular complexity index is 294. The first-order chi connectivity index (χ1) is 6.26. The van der Waals surface area contributed by atoms with Crippen molar-refractivity contribution in [2.45, 2.75) is 6.42 Å². The quantitative estimate of drug-likeness (QED) is 0.759. The monoisotopic (exact) mass is 177 g/mol. The van der Waals surface area contributed by atoms with E-state index in [4.69, 9.17) is 4.74 Å². The summed E-state index contributed by atoms with van der Waals surface area (Å²) in [5, 5.41) is 3.02. The number of rotatable bonds is 4. The maximum atomic E-state index is 5.12. The first-order valence-corrected chi connectivity index (χ1v) is 4.24. The third kappa shape index (κ3) is 2.82. The van der Waals surface area contributed by atoms with Gasteiger partial charge in [-0.3, -0.25) is 0 Å². The van der Waals surface area contributed by atoms with Crippen molar-refractivity contribution in [3.8, 4) is 5.75 Å². The van der Waals surface area contributed by atoms with Crippen LogP contribution in [-0.4, -0.2) is 14.2 Å². The number of hydrogen-bond acceptors (Lipinski definition) is 2. The Balaban J connectivity index is 2.71. The molecule has 0 aromatic heterocycles. The van der Waals surface area contributed by atoms with Crippen molar-refractivity contribution in [1.82, 2.24) is 5.32 Å². The number of hydrogen-bond donors (Lipinski definition) is 1. The van der Waals surface area contributed by atoms with Crippen LogP contribution in [0.15, 0.2) is 36.5 Å². The van der Waals surface area contributed by atoms with E-state index < -0.39 is 0 Å². The van der Waals surface area contributed by atoms with Gasteiger partial charge in [-0.05, 0) is 17.7 Å². The Morgan fingerprint density at radius 2 is 2.31 bits per heavy atom. The molecule has 0 aliphatic rings. The van der Waals surface area contributed by atoms with Gasteiger partial charge in [0, 0.05) is 19.2 Å². The van der Waals surface area contributed by atoms with Crippen LogP contribution in [0.3, 0.4) is 0 Å². The summed E-state index contributed by atoms with van der Waals surface area (Å²) in [4.78, 5) is 0. The summed E-state index contributed by atoms with van der Waals surface area (Å²) >= 11 is 0. The highest BCUT2D eigenvalue weighted by Crippen LogP contribution is 2.14. The fourth-order valence-corrected chi connectivity index (χ4v) is 1.12. The fraction of sp³-hybridized carbons (Fsp3) is 0.273. The normalized spacial score (nSPS) is 9.38. The molecule has 2 nitrogen and oxygen atoms in total. The second kappa shape index (κ2) is 4.55. The highest BCUT2D eigenvalue weighted by atomic mass is 16.5. The first kappa shape index (κ1) is 9.65. The molecule has 0 heterocycles. The number of allylic oxidation sites excluding steroid dienone is 1. The summed E-state index contributed by atoms with van der Waals surface area (Å²) in [6.07, 6.45) is 0.841. The molecule has 0 bridgehead atoms. The van der Waals surface area contributed by atoms with E-state index >= 15 is 0 Å². The molecule has 0 fully saturated rings. The van der Waals surface area contributed by atoms with Gasteiger partial charge >= 0.3 is 0 Å². The summed E-state index contributed by atoms with van der Waals surface area (Å²) in [6.45, 7) is 3.87. The van der Waals surface area contributed by atoms with Crippen molar-refractivity contribution in [2.24, 2.45) is 0 Å². The standard InChI is InChI=1S/C11H15NO/c1-9(12-2)7-10-5-4-6-11(8-10)13-3/h4-6,8,12H,1,7H2,2-3H3. The molecule has 0 saturated heterocycles. The molecule has 0 spiro atoms. The number of benzene rings is 1. The van der Waals surface area contributed by atoms with Crippen molar-refractivity contribution < 1.29 is 4.74 Å². The lowest BCUT2D eigenvalue weighted by molar-refractivity contribution is 0.414. The average Bonchev–Trinajstić information content (AvgIpc) is 2.18. The van der Waals surface area contributed by atoms with Crippen LogP contribution in [-0.2, 0) is 6.42 Å². The average molecular weight is 177 g/mol. The van der Waals surface area contributed by atoms with Gasteiger partial charge in [-0.1, -0.05) is 18.7 Å². The number of nitrogens with one attached hydrogen (secondary N) is 1. The van der Waals surface area contributed by atoms with Gasteiger partial charge in [-0.15, -0.1) is 0 Å². The van der Waals surface area contributed by atoms with Crippen LogP contribution in [0.5, 0.6) is 5.75 Å². The Morgan fingerprint density at radius 1 is 1.54 bits per heavy atom. The van der Waals surface area contributed by atoms with Crippen molar-refractivity contribution in [1.29, 1.82) is 0 Å². The van der Waals surface area contributed by atoms with Crippen LogP contribution >= 0.6 is 0 Å². The highest BCUT2D eigenvalue weighted by molar-refractivity contribution is 5.30. The van der Waals surface area contributed by atoms with E-state index in [2.05, 4.69) is 18.0 Å². The smallest absolute Gasteiger partial charge is 0.119 e. The molecule has 0 aliphatic heterocycles. The molecule has 13 heavy (non-hydrogen) atoms. The number of likely N-dealkylation sites (N-methyl/N-ethyl adjacent to an activating group) is 1. The van der Waals surface area contributed by atoms with Crippen LogP contribution in [0.25, 0.3) is 0 Å². The van der Waals surface area contributed by atoms with E-state index in [1.807, 2.05) is 25.2 Å². The van der Waals surface area contributed by atoms with E-state index in [0.29, 0.717) is 0 Å². The Hall–Kier alpha value is -1.44. The molecular formula is C11H15NO. The Morgan fingerprint density at radius 3 is 2.92 bits per heavy atom. The largest absolute Gasteiger partial charge is 0.497 e. The fourth-order valence-electron chi connectivity index (χ4n) is 1.12. The molecule has 1 rings (SSSR count). The molecule has 0 atom stereocenters. The van der Waals surface area contributed by atoms with E-state index in [-0.39, 0.29) is 0 Å². The maximum absolute atomic E-state index is 5.12. The van der Waals surface area contributed by atoms with Crippen LogP contribution in [0, 0.1) is 0 Å². The second-order valence-corrected chi connectivity index (χ2v) is 2.88. The molecule has 0 radical (unpaired) electrons.